The summed E-state index contributed by atoms with van der Waals surface area (Å²) in [6, 6.07) is 10.9. The molecule has 0 saturated carbocycles. The molecule has 2 atom stereocenters. The first kappa shape index (κ1) is 26.8. The third kappa shape index (κ3) is 7.57. The first-order chi connectivity index (χ1) is 16.3. The fourth-order valence-corrected chi connectivity index (χ4v) is 3.79. The Balaban J connectivity index is 0.000000509. The van der Waals surface area contributed by atoms with Crippen LogP contribution in [0, 0.1) is 11.8 Å². The molecule has 1 aliphatic heterocycles. The van der Waals surface area contributed by atoms with E-state index in [-0.39, 0.29) is 30.0 Å². The number of carboxylic acids is 1. The molecule has 3 rings (SSSR count). The van der Waals surface area contributed by atoms with Gasteiger partial charge in [-0.25, -0.2) is 0 Å². The molecule has 0 radical (unpaired) electrons. The molecule has 8 heteroatoms. The number of esters is 1. The highest BCUT2D eigenvalue weighted by Crippen LogP contribution is 2.34. The van der Waals surface area contributed by atoms with Crippen LogP contribution in [-0.2, 0) is 27.2 Å². The van der Waals surface area contributed by atoms with E-state index in [9.17, 15) is 19.8 Å². The maximum atomic E-state index is 12.3. The molecule has 1 heterocycles. The largest absolute Gasteiger partial charge is 0.550 e. The minimum Gasteiger partial charge on any atom is -0.550 e. The highest BCUT2D eigenvalue weighted by molar-refractivity contribution is 5.75. The summed E-state index contributed by atoms with van der Waals surface area (Å²) in [5.41, 5.74) is 1.98. The molecular weight excluding hydrogens is 440 g/mol. The topological polar surface area (TPSA) is 114 Å². The van der Waals surface area contributed by atoms with Crippen LogP contribution in [-0.4, -0.2) is 45.0 Å². The number of carbonyl (C=O) groups excluding carboxylic acids is 2. The number of hydrogen-bond donors (Lipinski definition) is 1. The lowest BCUT2D eigenvalue weighted by atomic mass is 9.85. The zero-order valence-electron chi connectivity index (χ0n) is 20.2. The van der Waals surface area contributed by atoms with Gasteiger partial charge in [0.25, 0.3) is 0 Å². The van der Waals surface area contributed by atoms with Crippen LogP contribution in [0.4, 0.5) is 0 Å². The normalized spacial score (nSPS) is 16.8. The van der Waals surface area contributed by atoms with Crippen molar-refractivity contribution in [1.29, 1.82) is 0 Å². The number of aliphatic carboxylic acids is 1. The van der Waals surface area contributed by atoms with E-state index in [1.165, 1.54) is 7.11 Å². The number of carboxylic acid groups (broad SMARTS) is 1. The smallest absolute Gasteiger partial charge is 0.309 e. The molecule has 0 aromatic heterocycles. The maximum absolute atomic E-state index is 12.3. The van der Waals surface area contributed by atoms with Crippen molar-refractivity contribution in [3.63, 3.8) is 0 Å². The molecule has 1 fully saturated rings. The fourth-order valence-electron chi connectivity index (χ4n) is 3.79. The summed E-state index contributed by atoms with van der Waals surface area (Å²) < 4.78 is 21.1. The van der Waals surface area contributed by atoms with E-state index < -0.39 is 5.97 Å². The fraction of sp³-hybridized carbons (Fsp3) is 0.462. The number of unbranched alkanes of at least 4 members (excludes halogenated alkanes) is 1. The van der Waals surface area contributed by atoms with Gasteiger partial charge in [0, 0.05) is 11.9 Å². The Hall–Kier alpha value is -3.42. The third-order valence-corrected chi connectivity index (χ3v) is 5.69. The first-order valence-electron chi connectivity index (χ1n) is 11.3. The molecule has 0 amide bonds. The van der Waals surface area contributed by atoms with Crippen LogP contribution in [0.15, 0.2) is 36.4 Å². The second-order valence-electron chi connectivity index (χ2n) is 8.08. The SMILES string of the molecule is CCCCC(=O)[O-].COc1cc(C[C@H]2C(=O)OC[C@@H]2Cc2ccc(OC)c(OC)c2)ccc1O. The summed E-state index contributed by atoms with van der Waals surface area (Å²) in [7, 11) is 4.70. The zero-order chi connectivity index (χ0) is 25.1. The number of hydrogen-bond acceptors (Lipinski definition) is 8. The lowest BCUT2D eigenvalue weighted by Gasteiger charge is -2.17. The van der Waals surface area contributed by atoms with Crippen molar-refractivity contribution in [3.8, 4) is 23.0 Å². The Kier molecular flexibility index (Phi) is 10.5. The Morgan fingerprint density at radius 1 is 1.00 bits per heavy atom. The molecule has 34 heavy (non-hydrogen) atoms. The Morgan fingerprint density at radius 2 is 1.62 bits per heavy atom. The Labute approximate surface area is 200 Å². The maximum Gasteiger partial charge on any atom is 0.309 e. The number of aromatic hydroxyl groups is 1. The minimum absolute atomic E-state index is 0.0652. The van der Waals surface area contributed by atoms with Crippen LogP contribution in [0.1, 0.15) is 37.3 Å². The van der Waals surface area contributed by atoms with Gasteiger partial charge in [0.2, 0.25) is 0 Å². The molecular formula is C26H33O8-. The molecule has 2 aromatic rings. The van der Waals surface area contributed by atoms with E-state index >= 15 is 0 Å². The highest BCUT2D eigenvalue weighted by atomic mass is 16.5. The van der Waals surface area contributed by atoms with Gasteiger partial charge in [-0.1, -0.05) is 25.5 Å². The number of carbonyl (C=O) groups is 2. The molecule has 1 N–H and O–H groups in total. The van der Waals surface area contributed by atoms with E-state index in [4.69, 9.17) is 18.9 Å². The number of phenolic OH excluding ortho intramolecular Hbond substituents is 1. The van der Waals surface area contributed by atoms with Crippen molar-refractivity contribution in [2.75, 3.05) is 27.9 Å². The molecule has 2 aromatic carbocycles. The van der Waals surface area contributed by atoms with Crippen molar-refractivity contribution in [1.82, 2.24) is 0 Å². The van der Waals surface area contributed by atoms with Crippen molar-refractivity contribution in [2.45, 2.75) is 39.0 Å². The molecule has 0 bridgehead atoms. The van der Waals surface area contributed by atoms with E-state index in [0.29, 0.717) is 36.7 Å². The van der Waals surface area contributed by atoms with Gasteiger partial charge in [0.15, 0.2) is 23.0 Å². The van der Waals surface area contributed by atoms with E-state index in [2.05, 4.69) is 0 Å². The summed E-state index contributed by atoms with van der Waals surface area (Å²) in [5.74, 6) is 0.511. The van der Waals surface area contributed by atoms with Crippen LogP contribution in [0.5, 0.6) is 23.0 Å². The van der Waals surface area contributed by atoms with E-state index in [1.54, 1.807) is 32.4 Å². The second kappa shape index (κ2) is 13.3. The molecule has 0 unspecified atom stereocenters. The number of ether oxygens (including phenoxy) is 4. The average Bonchev–Trinajstić information content (AvgIpc) is 3.17. The van der Waals surface area contributed by atoms with Crippen LogP contribution >= 0.6 is 0 Å². The predicted octanol–water partition coefficient (Wildman–Crippen LogP) is 2.92. The molecule has 1 saturated heterocycles. The summed E-state index contributed by atoms with van der Waals surface area (Å²) in [6.45, 7) is 2.34. The van der Waals surface area contributed by atoms with Crippen LogP contribution in [0.2, 0.25) is 0 Å². The molecule has 186 valence electrons. The van der Waals surface area contributed by atoms with Crippen LogP contribution < -0.4 is 19.3 Å². The summed E-state index contributed by atoms with van der Waals surface area (Å²) in [6.07, 6.45) is 3.10. The van der Waals surface area contributed by atoms with Gasteiger partial charge < -0.3 is 34.0 Å². The summed E-state index contributed by atoms with van der Waals surface area (Å²) in [5, 5.41) is 19.4. The minimum atomic E-state index is -0.943. The van der Waals surface area contributed by atoms with Crippen LogP contribution in [0.25, 0.3) is 0 Å². The average molecular weight is 474 g/mol. The second-order valence-corrected chi connectivity index (χ2v) is 8.08. The summed E-state index contributed by atoms with van der Waals surface area (Å²) >= 11 is 0. The van der Waals surface area contributed by atoms with Crippen molar-refractivity contribution >= 4 is 11.9 Å². The van der Waals surface area contributed by atoms with Crippen molar-refractivity contribution in [2.24, 2.45) is 11.8 Å². The lowest BCUT2D eigenvalue weighted by Crippen LogP contribution is -2.21. The van der Waals surface area contributed by atoms with Gasteiger partial charge in [0.1, 0.15) is 0 Å². The van der Waals surface area contributed by atoms with Crippen molar-refractivity contribution in [3.05, 3.63) is 47.5 Å². The van der Waals surface area contributed by atoms with Gasteiger partial charge >= 0.3 is 5.97 Å². The quantitative estimate of drug-likeness (QED) is 0.524. The van der Waals surface area contributed by atoms with Crippen molar-refractivity contribution < 1.29 is 38.7 Å². The number of rotatable bonds is 10. The Bertz CT molecular complexity index is 956. The molecule has 0 aliphatic carbocycles. The highest BCUT2D eigenvalue weighted by Gasteiger charge is 2.37. The number of phenols is 1. The number of cyclic esters (lactones) is 1. The third-order valence-electron chi connectivity index (χ3n) is 5.69. The number of methoxy groups -OCH3 is 3. The van der Waals surface area contributed by atoms with E-state index in [1.807, 2.05) is 25.1 Å². The predicted molar refractivity (Wildman–Crippen MR) is 124 cm³/mol. The van der Waals surface area contributed by atoms with Gasteiger partial charge in [-0.05, 0) is 61.1 Å². The van der Waals surface area contributed by atoms with Gasteiger partial charge in [-0.15, -0.1) is 0 Å². The lowest BCUT2D eigenvalue weighted by molar-refractivity contribution is -0.305. The number of benzene rings is 2. The molecule has 1 aliphatic rings. The first-order valence-corrected chi connectivity index (χ1v) is 11.3. The monoisotopic (exact) mass is 473 g/mol. The molecule has 8 nitrogen and oxygen atoms in total. The van der Waals surface area contributed by atoms with Crippen LogP contribution in [0.3, 0.4) is 0 Å². The van der Waals surface area contributed by atoms with E-state index in [0.717, 1.165) is 24.0 Å². The van der Waals surface area contributed by atoms with Gasteiger partial charge in [0.05, 0.1) is 33.9 Å². The molecule has 0 spiro atoms. The summed E-state index contributed by atoms with van der Waals surface area (Å²) in [4.78, 5) is 21.9. The zero-order valence-corrected chi connectivity index (χ0v) is 20.2. The Morgan fingerprint density at radius 3 is 2.21 bits per heavy atom. The van der Waals surface area contributed by atoms with Gasteiger partial charge in [-0.3, -0.25) is 4.79 Å². The standard InChI is InChI=1S/C21H24O6.C5H10O2/c1-24-18-7-5-13(11-20(18)26-3)8-15-12-27-21(23)16(15)9-14-4-6-17(22)19(10-14)25-2;1-2-3-4-5(6)7/h4-7,10-11,15-16,22H,8-9,12H2,1-3H3;2-4H2,1H3,(H,6,7)/p-1/t15-,16+;/m0./s1. The van der Waals surface area contributed by atoms with Gasteiger partial charge in [-0.2, -0.15) is 0 Å².